The van der Waals surface area contributed by atoms with Crippen LogP contribution in [0.1, 0.15) is 64.9 Å². The number of carbonyl (C=O) groups is 1. The van der Waals surface area contributed by atoms with E-state index in [1.807, 2.05) is 123 Å². The lowest BCUT2D eigenvalue weighted by atomic mass is 9.97. The number of fused-ring (bicyclic) bond motifs is 1. The minimum atomic E-state index is -0.909. The van der Waals surface area contributed by atoms with Crippen LogP contribution in [0.5, 0.6) is 0 Å². The van der Waals surface area contributed by atoms with Gasteiger partial charge in [-0.25, -0.2) is 4.79 Å². The first-order valence-electron chi connectivity index (χ1n) is 27.0. The Morgan fingerprint density at radius 1 is 0.513 bits per heavy atom. The van der Waals surface area contributed by atoms with Crippen LogP contribution in [0.2, 0.25) is 0 Å². The van der Waals surface area contributed by atoms with Gasteiger partial charge in [0.15, 0.2) is 18.7 Å². The number of esters is 1. The molecule has 10 rings (SSSR count). The summed E-state index contributed by atoms with van der Waals surface area (Å²) in [7, 11) is 1.67. The van der Waals surface area contributed by atoms with E-state index in [0.717, 1.165) is 43.5 Å². The van der Waals surface area contributed by atoms with Gasteiger partial charge in [0.2, 0.25) is 0 Å². The van der Waals surface area contributed by atoms with E-state index in [0.29, 0.717) is 31.8 Å². The number of methoxy groups -OCH3 is 1. The molecule has 0 aliphatic carbocycles. The van der Waals surface area contributed by atoms with Gasteiger partial charge in [0.05, 0.1) is 56.9 Å². The van der Waals surface area contributed by atoms with Crippen LogP contribution >= 0.6 is 11.8 Å². The zero-order valence-electron chi connectivity index (χ0n) is 44.7. The number of benzene rings is 7. The molecular weight excluding hydrogens is 1000 g/mol. The average Bonchev–Trinajstić information content (AvgIpc) is 3.52. The summed E-state index contributed by atoms with van der Waals surface area (Å²) in [4.78, 5) is 15.0. The van der Waals surface area contributed by atoms with Crippen molar-refractivity contribution in [2.75, 3.05) is 13.7 Å². The smallest absolute Gasteiger partial charge is 0.338 e. The van der Waals surface area contributed by atoms with E-state index in [1.165, 1.54) is 0 Å². The molecule has 78 heavy (non-hydrogen) atoms. The molecule has 0 N–H and O–H groups in total. The molecule has 3 fully saturated rings. The first-order chi connectivity index (χ1) is 38.2. The third kappa shape index (κ3) is 14.7. The number of ether oxygens (including phenoxy) is 11. The second-order valence-corrected chi connectivity index (χ2v) is 21.4. The van der Waals surface area contributed by atoms with Crippen LogP contribution in [0.3, 0.4) is 0 Å². The number of thioether (sulfide) groups is 1. The van der Waals surface area contributed by atoms with Gasteiger partial charge in [-0.1, -0.05) is 175 Å². The zero-order chi connectivity index (χ0) is 53.6. The van der Waals surface area contributed by atoms with Gasteiger partial charge in [-0.2, -0.15) is 0 Å². The lowest BCUT2D eigenvalue weighted by Gasteiger charge is -2.48. The van der Waals surface area contributed by atoms with Crippen molar-refractivity contribution >= 4 is 28.5 Å². The predicted molar refractivity (Wildman–Crippen MR) is 298 cm³/mol. The van der Waals surface area contributed by atoms with Gasteiger partial charge in [0, 0.05) is 24.8 Å². The number of hydrogen-bond acceptors (Lipinski definition) is 13. The molecule has 3 aliphatic heterocycles. The van der Waals surface area contributed by atoms with E-state index in [4.69, 9.17) is 52.1 Å². The molecule has 3 heterocycles. The molecule has 0 bridgehead atoms. The lowest BCUT2D eigenvalue weighted by Crippen LogP contribution is -2.62. The van der Waals surface area contributed by atoms with E-state index in [-0.39, 0.29) is 31.8 Å². The Bertz CT molecular complexity index is 2920. The highest BCUT2D eigenvalue weighted by Crippen LogP contribution is 2.41. The molecule has 0 saturated carbocycles. The van der Waals surface area contributed by atoms with Gasteiger partial charge in [0.1, 0.15) is 42.1 Å². The van der Waals surface area contributed by atoms with Gasteiger partial charge >= 0.3 is 5.97 Å². The molecule has 0 aromatic heterocycles. The van der Waals surface area contributed by atoms with E-state index < -0.39 is 72.8 Å². The molecular formula is C65H70O12S. The third-order valence-electron chi connectivity index (χ3n) is 14.5. The monoisotopic (exact) mass is 1070 g/mol. The van der Waals surface area contributed by atoms with E-state index >= 15 is 0 Å². The predicted octanol–water partition coefficient (Wildman–Crippen LogP) is 12.2. The summed E-state index contributed by atoms with van der Waals surface area (Å²) < 4.78 is 74.7. The summed E-state index contributed by atoms with van der Waals surface area (Å²) in [6, 6.07) is 62.2. The van der Waals surface area contributed by atoms with Crippen molar-refractivity contribution in [3.8, 4) is 0 Å². The highest BCUT2D eigenvalue weighted by molar-refractivity contribution is 7.99. The van der Waals surface area contributed by atoms with Crippen molar-refractivity contribution < 1.29 is 56.9 Å². The van der Waals surface area contributed by atoms with Crippen molar-refractivity contribution in [2.24, 2.45) is 0 Å². The van der Waals surface area contributed by atoms with Crippen LogP contribution in [-0.4, -0.2) is 98.7 Å². The Morgan fingerprint density at radius 3 is 1.72 bits per heavy atom. The van der Waals surface area contributed by atoms with Gasteiger partial charge in [-0.3, -0.25) is 0 Å². The maximum atomic E-state index is 13.9. The van der Waals surface area contributed by atoms with Crippen LogP contribution in [-0.2, 0) is 78.5 Å². The third-order valence-corrected chi connectivity index (χ3v) is 15.7. The molecule has 0 unspecified atom stereocenters. The van der Waals surface area contributed by atoms with Crippen molar-refractivity contribution in [3.63, 3.8) is 0 Å². The summed E-state index contributed by atoms with van der Waals surface area (Å²) in [5.74, 6) is -0.501. The molecule has 12 nitrogen and oxygen atoms in total. The normalized spacial score (nSPS) is 27.3. The van der Waals surface area contributed by atoms with Crippen LogP contribution in [0.4, 0.5) is 0 Å². The van der Waals surface area contributed by atoms with Crippen molar-refractivity contribution in [2.45, 2.75) is 144 Å². The molecule has 408 valence electrons. The van der Waals surface area contributed by atoms with Crippen molar-refractivity contribution in [1.29, 1.82) is 0 Å². The Morgan fingerprint density at radius 2 is 1.06 bits per heavy atom. The molecule has 0 radical (unpaired) electrons. The summed E-state index contributed by atoms with van der Waals surface area (Å²) in [5, 5.41) is 2.30. The van der Waals surface area contributed by atoms with Crippen molar-refractivity contribution in [3.05, 3.63) is 221 Å². The van der Waals surface area contributed by atoms with Gasteiger partial charge < -0.3 is 52.1 Å². The molecule has 13 heteroatoms. The van der Waals surface area contributed by atoms with Gasteiger partial charge in [-0.05, 0) is 84.1 Å². The van der Waals surface area contributed by atoms with E-state index in [1.54, 1.807) is 43.1 Å². The summed E-state index contributed by atoms with van der Waals surface area (Å²) >= 11 is 1.58. The van der Waals surface area contributed by atoms with E-state index in [2.05, 4.69) is 61.5 Å². The summed E-state index contributed by atoms with van der Waals surface area (Å²) in [5.41, 5.74) is 5.06. The van der Waals surface area contributed by atoms with E-state index in [9.17, 15) is 4.79 Å². The first kappa shape index (κ1) is 55.5. The number of aryl methyl sites for hydroxylation is 1. The summed E-state index contributed by atoms with van der Waals surface area (Å²) in [6.07, 6.45) is -7.50. The fourth-order valence-electron chi connectivity index (χ4n) is 10.4. The molecule has 3 saturated heterocycles. The fourth-order valence-corrected chi connectivity index (χ4v) is 11.6. The quantitative estimate of drug-likeness (QED) is 0.0600. The summed E-state index contributed by atoms with van der Waals surface area (Å²) in [6.45, 7) is 7.35. The lowest BCUT2D eigenvalue weighted by molar-refractivity contribution is -0.334. The molecule has 0 spiro atoms. The van der Waals surface area contributed by atoms with Gasteiger partial charge in [0.25, 0.3) is 0 Å². The van der Waals surface area contributed by atoms with Crippen molar-refractivity contribution in [1.82, 2.24) is 0 Å². The Labute approximate surface area is 462 Å². The molecule has 3 aliphatic rings. The SMILES string of the molecule is CO[C@H]1[C@@H](C)O[C@H](O[C@@H]2C[C@@H](O[C@H]3[C@H](OCc4ccccc4)[C@@H](OCc4ccccc4)[C@H](Sc4ccc(C)cc4)O[C@@H]3COCc3ccccc3)O[C@H](C)[C@@H]2OC(=O)c2ccccc2)C[C@H]1OCc1ccc2ccccc2c1. The maximum Gasteiger partial charge on any atom is 0.338 e. The Kier molecular flexibility index (Phi) is 19.5. The van der Waals surface area contributed by atoms with Crippen LogP contribution in [0.15, 0.2) is 193 Å². The van der Waals surface area contributed by atoms with Crippen LogP contribution < -0.4 is 0 Å². The minimum absolute atomic E-state index is 0.151. The highest BCUT2D eigenvalue weighted by atomic mass is 32.2. The Hall–Kier alpha value is -5.78. The minimum Gasteiger partial charge on any atom is -0.453 e. The molecule has 13 atom stereocenters. The van der Waals surface area contributed by atoms with Gasteiger partial charge in [-0.15, -0.1) is 0 Å². The van der Waals surface area contributed by atoms with Crippen LogP contribution in [0, 0.1) is 6.92 Å². The Balaban J connectivity index is 0.956. The first-order valence-corrected chi connectivity index (χ1v) is 27.9. The second-order valence-electron chi connectivity index (χ2n) is 20.3. The molecule has 7 aromatic rings. The van der Waals surface area contributed by atoms with Crippen LogP contribution in [0.25, 0.3) is 10.8 Å². The maximum absolute atomic E-state index is 13.9. The standard InChI is InChI=1S/C65H70O12S/c1-43-29-33-53(34-30-43)78-65-63(71-40-48-23-13-7-14-24-48)62(70-39-47-21-11-6-12-22-47)61(56(75-65)42-68-38-46-19-9-5-10-20-46)76-58-37-55(60(45(3)73-58)77-64(66)51-26-15-8-16-27-51)74-57-36-54(59(67-4)44(2)72-57)69-41-49-31-32-50-25-17-18-28-52(50)35-49/h5-35,44-45,54-63,65H,36-42H2,1-4H3/t44-,45-,54-,55-,56-,57-,58-,59+,60+,61-,62+,63-,65+/m1/s1. The average molecular weight is 1080 g/mol. The largest absolute Gasteiger partial charge is 0.453 e. The molecule has 0 amide bonds. The molecule has 7 aromatic carbocycles. The fraction of sp³-hybridized carbons (Fsp3) is 0.369. The zero-order valence-corrected chi connectivity index (χ0v) is 45.5. The second kappa shape index (κ2) is 27.4. The number of rotatable bonds is 22. The number of hydrogen-bond donors (Lipinski definition) is 0. The highest BCUT2D eigenvalue weighted by Gasteiger charge is 2.52. The number of carbonyl (C=O) groups excluding carboxylic acids is 1. The topological polar surface area (TPSA) is 119 Å².